The molecule has 7 heteroatoms. The van der Waals surface area contributed by atoms with Crippen molar-refractivity contribution in [1.29, 1.82) is 0 Å². The molecule has 2 N–H and O–H groups in total. The van der Waals surface area contributed by atoms with E-state index in [0.29, 0.717) is 24.1 Å². The lowest BCUT2D eigenvalue weighted by Gasteiger charge is -2.29. The maximum atomic E-state index is 12.1. The van der Waals surface area contributed by atoms with Crippen LogP contribution in [0.1, 0.15) is 53.6 Å². The Kier molecular flexibility index (Phi) is 5.41. The Bertz CT molecular complexity index is 917. The highest BCUT2D eigenvalue weighted by Crippen LogP contribution is 2.38. The number of aromatic amines is 1. The number of amides is 1. The van der Waals surface area contributed by atoms with Crippen LogP contribution in [-0.2, 0) is 0 Å². The fourth-order valence-electron chi connectivity index (χ4n) is 3.87. The predicted octanol–water partition coefficient (Wildman–Crippen LogP) is 3.27. The molecule has 4 rings (SSSR count). The Labute approximate surface area is 164 Å². The summed E-state index contributed by atoms with van der Waals surface area (Å²) in [5.74, 6) is 1.59. The third-order valence-corrected chi connectivity index (χ3v) is 5.41. The van der Waals surface area contributed by atoms with Gasteiger partial charge in [0.2, 0.25) is 0 Å². The van der Waals surface area contributed by atoms with E-state index in [0.717, 1.165) is 48.5 Å². The number of aryl methyl sites for hydroxylation is 1. The van der Waals surface area contributed by atoms with Crippen molar-refractivity contribution in [3.63, 3.8) is 0 Å². The van der Waals surface area contributed by atoms with E-state index < -0.39 is 0 Å². The second-order valence-electron chi connectivity index (χ2n) is 7.33. The van der Waals surface area contributed by atoms with Gasteiger partial charge in [-0.2, -0.15) is 5.10 Å². The van der Waals surface area contributed by atoms with Crippen LogP contribution in [0.3, 0.4) is 0 Å². The highest BCUT2D eigenvalue weighted by atomic mass is 16.1. The minimum Gasteiger partial charge on any atom is -0.350 e. The summed E-state index contributed by atoms with van der Waals surface area (Å²) in [4.78, 5) is 25.7. The summed E-state index contributed by atoms with van der Waals surface area (Å²) in [6, 6.07) is 7.60. The molecular weight excluding hydrogens is 352 g/mol. The van der Waals surface area contributed by atoms with E-state index >= 15 is 0 Å². The summed E-state index contributed by atoms with van der Waals surface area (Å²) in [5, 5.41) is 9.53. The van der Waals surface area contributed by atoms with Crippen molar-refractivity contribution in [2.45, 2.75) is 38.5 Å². The largest absolute Gasteiger partial charge is 0.350 e. The first-order valence-electron chi connectivity index (χ1n) is 9.73. The number of nitrogens with zero attached hydrogens (tertiary/aromatic N) is 4. The van der Waals surface area contributed by atoms with Gasteiger partial charge in [0.1, 0.15) is 11.5 Å². The molecule has 1 amide bonds. The van der Waals surface area contributed by atoms with E-state index in [2.05, 4.69) is 25.5 Å². The Morgan fingerprint density at radius 1 is 1.14 bits per heavy atom. The SMILES string of the molecule is Cc1ncc(-c2ccccn2)c(C2CCC(CNC(=O)c3ccn[nH]3)CC2)n1. The van der Waals surface area contributed by atoms with E-state index in [-0.39, 0.29) is 5.91 Å². The van der Waals surface area contributed by atoms with Crippen LogP contribution in [-0.4, -0.2) is 37.6 Å². The number of H-pyrrole nitrogens is 1. The van der Waals surface area contributed by atoms with Crippen LogP contribution in [0.4, 0.5) is 0 Å². The first kappa shape index (κ1) is 18.3. The number of carbonyl (C=O) groups is 1. The molecule has 1 aliphatic carbocycles. The highest BCUT2D eigenvalue weighted by Gasteiger charge is 2.26. The van der Waals surface area contributed by atoms with Crippen LogP contribution < -0.4 is 5.32 Å². The van der Waals surface area contributed by atoms with Crippen molar-refractivity contribution in [3.8, 4) is 11.3 Å². The van der Waals surface area contributed by atoms with E-state index in [1.165, 1.54) is 0 Å². The number of pyridine rings is 1. The number of nitrogens with one attached hydrogen (secondary N) is 2. The number of hydrogen-bond donors (Lipinski definition) is 2. The number of aromatic nitrogens is 5. The maximum Gasteiger partial charge on any atom is 0.269 e. The first-order chi connectivity index (χ1) is 13.7. The molecule has 0 radical (unpaired) electrons. The van der Waals surface area contributed by atoms with E-state index in [1.54, 1.807) is 18.5 Å². The summed E-state index contributed by atoms with van der Waals surface area (Å²) in [7, 11) is 0. The molecule has 0 bridgehead atoms. The average molecular weight is 376 g/mol. The lowest BCUT2D eigenvalue weighted by molar-refractivity contribution is 0.0938. The molecule has 144 valence electrons. The first-order valence-corrected chi connectivity index (χ1v) is 9.73. The molecule has 1 saturated carbocycles. The monoisotopic (exact) mass is 376 g/mol. The van der Waals surface area contributed by atoms with Crippen molar-refractivity contribution < 1.29 is 4.79 Å². The number of hydrogen-bond acceptors (Lipinski definition) is 5. The minimum atomic E-state index is -0.0940. The molecule has 0 unspecified atom stereocenters. The van der Waals surface area contributed by atoms with Crippen molar-refractivity contribution >= 4 is 5.91 Å². The van der Waals surface area contributed by atoms with E-state index in [1.807, 2.05) is 31.3 Å². The van der Waals surface area contributed by atoms with Gasteiger partial charge in [-0.25, -0.2) is 9.97 Å². The molecule has 0 aromatic carbocycles. The predicted molar refractivity (Wildman–Crippen MR) is 106 cm³/mol. The van der Waals surface area contributed by atoms with Gasteiger partial charge in [-0.05, 0) is 56.7 Å². The molecule has 0 saturated heterocycles. The van der Waals surface area contributed by atoms with Gasteiger partial charge >= 0.3 is 0 Å². The van der Waals surface area contributed by atoms with Gasteiger partial charge < -0.3 is 5.32 Å². The summed E-state index contributed by atoms with van der Waals surface area (Å²) in [6.45, 7) is 2.63. The van der Waals surface area contributed by atoms with Crippen molar-refractivity contribution in [2.75, 3.05) is 6.54 Å². The Balaban J connectivity index is 1.40. The highest BCUT2D eigenvalue weighted by molar-refractivity contribution is 5.92. The van der Waals surface area contributed by atoms with Crippen LogP contribution in [0.25, 0.3) is 11.3 Å². The fraction of sp³-hybridized carbons (Fsp3) is 0.381. The normalized spacial score (nSPS) is 19.3. The van der Waals surface area contributed by atoms with Gasteiger partial charge in [-0.15, -0.1) is 0 Å². The maximum absolute atomic E-state index is 12.1. The van der Waals surface area contributed by atoms with Crippen molar-refractivity contribution in [3.05, 3.63) is 60.1 Å². The molecule has 0 aliphatic heterocycles. The molecule has 3 aromatic rings. The molecule has 7 nitrogen and oxygen atoms in total. The van der Waals surface area contributed by atoms with E-state index in [9.17, 15) is 4.79 Å². The summed E-state index contributed by atoms with van der Waals surface area (Å²) < 4.78 is 0. The Morgan fingerprint density at radius 2 is 2.00 bits per heavy atom. The zero-order chi connectivity index (χ0) is 19.3. The fourth-order valence-corrected chi connectivity index (χ4v) is 3.87. The second kappa shape index (κ2) is 8.29. The lowest BCUT2D eigenvalue weighted by Crippen LogP contribution is -2.31. The van der Waals surface area contributed by atoms with Crippen LogP contribution >= 0.6 is 0 Å². The third-order valence-electron chi connectivity index (χ3n) is 5.41. The van der Waals surface area contributed by atoms with Crippen molar-refractivity contribution in [1.82, 2.24) is 30.5 Å². The van der Waals surface area contributed by atoms with Crippen LogP contribution in [0.15, 0.2) is 42.9 Å². The zero-order valence-electron chi connectivity index (χ0n) is 15.9. The zero-order valence-corrected chi connectivity index (χ0v) is 15.9. The van der Waals surface area contributed by atoms with Gasteiger partial charge in [0.25, 0.3) is 5.91 Å². The van der Waals surface area contributed by atoms with Crippen LogP contribution in [0.2, 0.25) is 0 Å². The molecular formula is C21H24N6O. The minimum absolute atomic E-state index is 0.0940. The summed E-state index contributed by atoms with van der Waals surface area (Å²) in [5.41, 5.74) is 3.56. The Hall–Kier alpha value is -3.09. The van der Waals surface area contributed by atoms with Gasteiger partial charge in [0, 0.05) is 36.6 Å². The lowest BCUT2D eigenvalue weighted by atomic mass is 9.79. The molecule has 1 aliphatic rings. The Morgan fingerprint density at radius 3 is 2.71 bits per heavy atom. The third kappa shape index (κ3) is 4.08. The van der Waals surface area contributed by atoms with E-state index in [4.69, 9.17) is 4.98 Å². The molecule has 3 aromatic heterocycles. The molecule has 28 heavy (non-hydrogen) atoms. The van der Waals surface area contributed by atoms with Gasteiger partial charge in [-0.1, -0.05) is 6.07 Å². The number of rotatable bonds is 5. The average Bonchev–Trinajstić information content (AvgIpc) is 3.28. The molecule has 0 spiro atoms. The molecule has 3 heterocycles. The topological polar surface area (TPSA) is 96.5 Å². The summed E-state index contributed by atoms with van der Waals surface area (Å²) >= 11 is 0. The quantitative estimate of drug-likeness (QED) is 0.712. The smallest absolute Gasteiger partial charge is 0.269 e. The van der Waals surface area contributed by atoms with Gasteiger partial charge in [0.05, 0.1) is 11.4 Å². The van der Waals surface area contributed by atoms with Gasteiger partial charge in [0.15, 0.2) is 0 Å². The molecule has 1 fully saturated rings. The van der Waals surface area contributed by atoms with Crippen LogP contribution in [0.5, 0.6) is 0 Å². The van der Waals surface area contributed by atoms with Crippen LogP contribution in [0, 0.1) is 12.8 Å². The standard InChI is InChI=1S/C21H24N6O/c1-14-23-13-17(18-4-2-3-10-22-18)20(26-14)16-7-5-15(6-8-16)12-24-21(28)19-9-11-25-27-19/h2-4,9-11,13,15-16H,5-8,12H2,1H3,(H,24,28)(H,25,27). The molecule has 0 atom stereocenters. The second-order valence-corrected chi connectivity index (χ2v) is 7.33. The van der Waals surface area contributed by atoms with Gasteiger partial charge in [-0.3, -0.25) is 14.9 Å². The summed E-state index contributed by atoms with van der Waals surface area (Å²) in [6.07, 6.45) is 9.54. The number of carbonyl (C=O) groups excluding carboxylic acids is 1. The van der Waals surface area contributed by atoms with Crippen molar-refractivity contribution in [2.24, 2.45) is 5.92 Å².